The van der Waals surface area contributed by atoms with Crippen molar-refractivity contribution in [2.45, 2.75) is 6.42 Å². The summed E-state index contributed by atoms with van der Waals surface area (Å²) in [5.74, 6) is 0.0769. The number of hydrogen-bond donors (Lipinski definition) is 2. The van der Waals surface area contributed by atoms with Crippen molar-refractivity contribution in [2.24, 2.45) is 0 Å². The number of fused-ring (bicyclic) bond motifs is 2. The van der Waals surface area contributed by atoms with Gasteiger partial charge < -0.3 is 15.5 Å². The van der Waals surface area contributed by atoms with E-state index in [1.165, 1.54) is 5.56 Å². The van der Waals surface area contributed by atoms with Crippen molar-refractivity contribution in [1.29, 1.82) is 0 Å². The fourth-order valence-electron chi connectivity index (χ4n) is 3.15. The lowest BCUT2D eigenvalue weighted by Crippen LogP contribution is -2.31. The van der Waals surface area contributed by atoms with Crippen LogP contribution in [0.3, 0.4) is 0 Å². The number of carbonyl (C=O) groups is 1. The van der Waals surface area contributed by atoms with Crippen LogP contribution in [0.1, 0.15) is 15.9 Å². The lowest BCUT2D eigenvalue weighted by atomic mass is 10.1. The fourth-order valence-corrected chi connectivity index (χ4v) is 3.15. The smallest absolute Gasteiger partial charge is 0.260 e. The number of nitrogens with one attached hydrogen (secondary N) is 2. The third-order valence-electron chi connectivity index (χ3n) is 4.17. The molecule has 2 aromatic carbocycles. The molecule has 0 atom stereocenters. The van der Waals surface area contributed by atoms with Gasteiger partial charge in [-0.3, -0.25) is 4.79 Å². The molecule has 0 spiro atoms. The molecule has 0 unspecified atom stereocenters. The van der Waals surface area contributed by atoms with E-state index >= 15 is 0 Å². The Morgan fingerprint density at radius 3 is 2.81 bits per heavy atom. The largest absolute Gasteiger partial charge is 0.382 e. The monoisotopic (exact) mass is 279 g/mol. The predicted molar refractivity (Wildman–Crippen MR) is 85.2 cm³/mol. The Morgan fingerprint density at radius 1 is 1.00 bits per heavy atom. The van der Waals surface area contributed by atoms with E-state index < -0.39 is 0 Å². The molecular formula is C17H17N3O. The average Bonchev–Trinajstić information content (AvgIpc) is 2.98. The molecule has 0 fully saturated rings. The van der Waals surface area contributed by atoms with E-state index in [4.69, 9.17) is 0 Å². The van der Waals surface area contributed by atoms with Crippen molar-refractivity contribution < 1.29 is 4.79 Å². The first-order valence-corrected chi connectivity index (χ1v) is 7.35. The van der Waals surface area contributed by atoms with Crippen LogP contribution in [0.15, 0.2) is 42.5 Å². The molecule has 2 aromatic rings. The standard InChI is InChI=1S/C17H17N3O/c21-17(20-11-8-12-4-1-2-7-15(12)20)13-5-3-6-14-16(13)19-10-9-18-14/h1-7,18-19H,8-11H2. The second-order valence-electron chi connectivity index (χ2n) is 5.42. The molecule has 2 heterocycles. The summed E-state index contributed by atoms with van der Waals surface area (Å²) in [5, 5.41) is 6.68. The summed E-state index contributed by atoms with van der Waals surface area (Å²) < 4.78 is 0. The number of benzene rings is 2. The first-order valence-electron chi connectivity index (χ1n) is 7.35. The molecule has 4 rings (SSSR count). The highest BCUT2D eigenvalue weighted by atomic mass is 16.2. The Kier molecular flexibility index (Phi) is 2.81. The molecule has 21 heavy (non-hydrogen) atoms. The van der Waals surface area contributed by atoms with Gasteiger partial charge in [0.1, 0.15) is 0 Å². The van der Waals surface area contributed by atoms with Crippen molar-refractivity contribution >= 4 is 23.0 Å². The second-order valence-corrected chi connectivity index (χ2v) is 5.42. The fraction of sp³-hybridized carbons (Fsp3) is 0.235. The normalized spacial score (nSPS) is 15.7. The Labute approximate surface area is 123 Å². The predicted octanol–water partition coefficient (Wildman–Crippen LogP) is 2.73. The lowest BCUT2D eigenvalue weighted by Gasteiger charge is -2.24. The van der Waals surface area contributed by atoms with Gasteiger partial charge in [0.15, 0.2) is 0 Å². The second kappa shape index (κ2) is 4.81. The minimum atomic E-state index is 0.0769. The van der Waals surface area contributed by atoms with Gasteiger partial charge in [-0.15, -0.1) is 0 Å². The Bertz CT molecular complexity index is 711. The minimum absolute atomic E-state index is 0.0769. The van der Waals surface area contributed by atoms with E-state index in [-0.39, 0.29) is 5.91 Å². The zero-order valence-electron chi connectivity index (χ0n) is 11.7. The number of rotatable bonds is 1. The zero-order chi connectivity index (χ0) is 14.2. The van der Waals surface area contributed by atoms with Crippen molar-refractivity contribution in [3.05, 3.63) is 53.6 Å². The zero-order valence-corrected chi connectivity index (χ0v) is 11.7. The Balaban J connectivity index is 1.74. The van der Waals surface area contributed by atoms with Crippen LogP contribution < -0.4 is 15.5 Å². The maximum Gasteiger partial charge on any atom is 0.260 e. The maximum atomic E-state index is 12.9. The van der Waals surface area contributed by atoms with E-state index in [1.807, 2.05) is 41.3 Å². The van der Waals surface area contributed by atoms with Gasteiger partial charge in [-0.2, -0.15) is 0 Å². The van der Waals surface area contributed by atoms with E-state index in [0.717, 1.165) is 48.7 Å². The summed E-state index contributed by atoms with van der Waals surface area (Å²) in [6.07, 6.45) is 0.933. The van der Waals surface area contributed by atoms with Gasteiger partial charge in [-0.05, 0) is 30.2 Å². The molecule has 2 aliphatic rings. The third-order valence-corrected chi connectivity index (χ3v) is 4.17. The maximum absolute atomic E-state index is 12.9. The molecule has 4 nitrogen and oxygen atoms in total. The number of hydrogen-bond acceptors (Lipinski definition) is 3. The van der Waals surface area contributed by atoms with E-state index in [0.29, 0.717) is 0 Å². The number of amides is 1. The molecule has 2 N–H and O–H groups in total. The highest BCUT2D eigenvalue weighted by Crippen LogP contribution is 2.33. The summed E-state index contributed by atoms with van der Waals surface area (Å²) in [6.45, 7) is 2.49. The van der Waals surface area contributed by atoms with E-state index in [2.05, 4.69) is 16.7 Å². The first-order chi connectivity index (χ1) is 10.3. The molecule has 2 aliphatic heterocycles. The van der Waals surface area contributed by atoms with Crippen molar-refractivity contribution in [2.75, 3.05) is 35.2 Å². The summed E-state index contributed by atoms with van der Waals surface area (Å²) >= 11 is 0. The summed E-state index contributed by atoms with van der Waals surface area (Å²) in [4.78, 5) is 14.8. The van der Waals surface area contributed by atoms with E-state index in [1.54, 1.807) is 0 Å². The molecule has 0 radical (unpaired) electrons. The number of carbonyl (C=O) groups excluding carboxylic acids is 1. The van der Waals surface area contributed by atoms with Crippen molar-refractivity contribution in [3.8, 4) is 0 Å². The van der Waals surface area contributed by atoms with Crippen molar-refractivity contribution in [3.63, 3.8) is 0 Å². The van der Waals surface area contributed by atoms with Crippen LogP contribution >= 0.6 is 0 Å². The highest BCUT2D eigenvalue weighted by Gasteiger charge is 2.27. The van der Waals surface area contributed by atoms with Crippen LogP contribution in [0.2, 0.25) is 0 Å². The summed E-state index contributed by atoms with van der Waals surface area (Å²) in [7, 11) is 0. The summed E-state index contributed by atoms with van der Waals surface area (Å²) in [6, 6.07) is 14.0. The van der Waals surface area contributed by atoms with Gasteiger partial charge in [0, 0.05) is 25.3 Å². The summed E-state index contributed by atoms with van der Waals surface area (Å²) in [5.41, 5.74) is 4.99. The van der Waals surface area contributed by atoms with Gasteiger partial charge in [0.25, 0.3) is 5.91 Å². The molecule has 106 valence electrons. The van der Waals surface area contributed by atoms with E-state index in [9.17, 15) is 4.79 Å². The van der Waals surface area contributed by atoms with Gasteiger partial charge in [0.05, 0.1) is 16.9 Å². The van der Waals surface area contributed by atoms with Gasteiger partial charge >= 0.3 is 0 Å². The van der Waals surface area contributed by atoms with Crippen LogP contribution in [0.25, 0.3) is 0 Å². The molecular weight excluding hydrogens is 262 g/mol. The Hall–Kier alpha value is -2.49. The van der Waals surface area contributed by atoms with Crippen LogP contribution in [-0.2, 0) is 6.42 Å². The molecule has 4 heteroatoms. The van der Waals surface area contributed by atoms with Gasteiger partial charge in [-0.1, -0.05) is 24.3 Å². The molecule has 0 aromatic heterocycles. The quantitative estimate of drug-likeness (QED) is 0.843. The number of anilines is 3. The molecule has 0 bridgehead atoms. The number of para-hydroxylation sites is 2. The highest BCUT2D eigenvalue weighted by molar-refractivity contribution is 6.12. The SMILES string of the molecule is O=C(c1cccc2c1NCCN2)N1CCc2ccccc21. The van der Waals surface area contributed by atoms with Crippen LogP contribution in [0, 0.1) is 0 Å². The van der Waals surface area contributed by atoms with Crippen LogP contribution in [-0.4, -0.2) is 25.5 Å². The molecule has 1 amide bonds. The Morgan fingerprint density at radius 2 is 1.86 bits per heavy atom. The van der Waals surface area contributed by atoms with Crippen LogP contribution in [0.4, 0.5) is 17.1 Å². The first kappa shape index (κ1) is 12.3. The topological polar surface area (TPSA) is 44.4 Å². The molecule has 0 saturated heterocycles. The van der Waals surface area contributed by atoms with Crippen molar-refractivity contribution in [1.82, 2.24) is 0 Å². The van der Waals surface area contributed by atoms with Gasteiger partial charge in [0.2, 0.25) is 0 Å². The molecule has 0 saturated carbocycles. The lowest BCUT2D eigenvalue weighted by molar-refractivity contribution is 0.0990. The number of nitrogens with zero attached hydrogens (tertiary/aromatic N) is 1. The molecule has 0 aliphatic carbocycles. The average molecular weight is 279 g/mol. The van der Waals surface area contributed by atoms with Crippen LogP contribution in [0.5, 0.6) is 0 Å². The van der Waals surface area contributed by atoms with Gasteiger partial charge in [-0.25, -0.2) is 0 Å². The minimum Gasteiger partial charge on any atom is -0.382 e. The third kappa shape index (κ3) is 1.95.